The predicted molar refractivity (Wildman–Crippen MR) is 302 cm³/mol. The van der Waals surface area contributed by atoms with Gasteiger partial charge in [0.25, 0.3) is 0 Å². The molecule has 0 spiro atoms. The molecular weight excluding hydrogens is 909 g/mol. The van der Waals surface area contributed by atoms with E-state index in [0.717, 1.165) is 18.4 Å². The van der Waals surface area contributed by atoms with E-state index >= 15 is 0 Å². The zero-order chi connectivity index (χ0) is 54.1. The molecule has 0 aromatic heterocycles. The fraction of sp³-hybridized carbons (Fsp3) is 0.200. The topological polar surface area (TPSA) is 105 Å². The molecule has 0 saturated carbocycles. The maximum Gasteiger partial charge on any atom is 0.333 e. The average molecular weight is 983 g/mol. The van der Waals surface area contributed by atoms with Crippen LogP contribution in [0, 0.1) is 0 Å². The van der Waals surface area contributed by atoms with Crippen LogP contribution in [0.3, 0.4) is 0 Å². The molecule has 0 atom stereocenters. The number of fused-ring (bicyclic) bond motifs is 1. The summed E-state index contributed by atoms with van der Waals surface area (Å²) in [5.74, 6) is -1.25. The van der Waals surface area contributed by atoms with E-state index in [1.165, 1.54) is 33.0 Å². The summed E-state index contributed by atoms with van der Waals surface area (Å²) < 4.78 is 18.9. The molecule has 7 aromatic carbocycles. The Morgan fingerprint density at radius 1 is 0.329 bits per heavy atom. The van der Waals surface area contributed by atoms with Crippen molar-refractivity contribution in [3.8, 4) is 22.3 Å². The highest BCUT2D eigenvalue weighted by Gasteiger charge is 2.03. The van der Waals surface area contributed by atoms with Crippen molar-refractivity contribution in [2.24, 2.45) is 0 Å². The minimum atomic E-state index is -0.344. The van der Waals surface area contributed by atoms with Gasteiger partial charge >= 0.3 is 23.9 Å². The van der Waals surface area contributed by atoms with Crippen LogP contribution in [0.1, 0.15) is 66.9 Å². The lowest BCUT2D eigenvalue weighted by Gasteiger charge is -2.03. The maximum absolute atomic E-state index is 11.0. The first-order chi connectivity index (χ1) is 35.1. The van der Waals surface area contributed by atoms with Gasteiger partial charge in [0.2, 0.25) is 0 Å². The van der Waals surface area contributed by atoms with Gasteiger partial charge < -0.3 is 18.9 Å². The Morgan fingerprint density at radius 2 is 0.562 bits per heavy atom. The zero-order valence-corrected chi connectivity index (χ0v) is 43.9. The van der Waals surface area contributed by atoms with Crippen molar-refractivity contribution in [2.75, 3.05) is 19.8 Å². The van der Waals surface area contributed by atoms with E-state index in [1.54, 1.807) is 34.6 Å². The summed E-state index contributed by atoms with van der Waals surface area (Å²) in [5.41, 5.74) is 7.89. The zero-order valence-electron chi connectivity index (χ0n) is 43.9. The quantitative estimate of drug-likeness (QED) is 0.0639. The highest BCUT2D eigenvalue weighted by molar-refractivity contribution is 5.88. The molecule has 0 bridgehead atoms. The Hall–Kier alpha value is -8.36. The van der Waals surface area contributed by atoms with Gasteiger partial charge in [-0.15, -0.1) is 0 Å². The molecule has 0 unspecified atom stereocenters. The fourth-order valence-corrected chi connectivity index (χ4v) is 5.39. The van der Waals surface area contributed by atoms with Gasteiger partial charge in [0, 0.05) is 22.3 Å². The van der Waals surface area contributed by atoms with Gasteiger partial charge in [-0.25, -0.2) is 19.2 Å². The first-order valence-electron chi connectivity index (χ1n) is 24.1. The third-order valence-electron chi connectivity index (χ3n) is 9.18. The highest BCUT2D eigenvalue weighted by atomic mass is 16.5. The summed E-state index contributed by atoms with van der Waals surface area (Å²) in [6.07, 6.45) is 1.72. The van der Waals surface area contributed by atoms with Gasteiger partial charge in [-0.2, -0.15) is 0 Å². The Kier molecular flexibility index (Phi) is 33.8. The summed E-state index contributed by atoms with van der Waals surface area (Å²) in [6.45, 7) is 27.7. The summed E-state index contributed by atoms with van der Waals surface area (Å²) in [6, 6.07) is 67.8. The summed E-state index contributed by atoms with van der Waals surface area (Å²) in [5, 5.41) is 2.62. The van der Waals surface area contributed by atoms with E-state index in [2.05, 4.69) is 177 Å². The Morgan fingerprint density at radius 3 is 0.795 bits per heavy atom. The van der Waals surface area contributed by atoms with Crippen LogP contribution in [0.15, 0.2) is 249 Å². The molecule has 0 amide bonds. The molecule has 73 heavy (non-hydrogen) atoms. The number of hydrogen-bond acceptors (Lipinski definition) is 8. The molecule has 0 aliphatic carbocycles. The minimum absolute atomic E-state index is 0.295. The third-order valence-corrected chi connectivity index (χ3v) is 9.18. The second-order valence-electron chi connectivity index (χ2n) is 16.0. The smallest absolute Gasteiger partial charge is 0.333 e. The van der Waals surface area contributed by atoms with E-state index in [4.69, 9.17) is 14.2 Å². The molecule has 7 aromatic rings. The fourth-order valence-electron chi connectivity index (χ4n) is 5.39. The van der Waals surface area contributed by atoms with E-state index in [-0.39, 0.29) is 23.9 Å². The molecule has 0 N–H and O–H groups in total. The van der Waals surface area contributed by atoms with Crippen molar-refractivity contribution in [3.63, 3.8) is 0 Å². The van der Waals surface area contributed by atoms with E-state index in [0.29, 0.717) is 48.7 Å². The summed E-state index contributed by atoms with van der Waals surface area (Å²) >= 11 is 0. The molecule has 382 valence electrons. The predicted octanol–water partition coefficient (Wildman–Crippen LogP) is 16.0. The van der Waals surface area contributed by atoms with Crippen LogP contribution in [0.5, 0.6) is 0 Å². The van der Waals surface area contributed by atoms with Crippen LogP contribution >= 0.6 is 0 Å². The van der Waals surface area contributed by atoms with E-state index in [9.17, 15) is 19.2 Å². The minimum Gasteiger partial charge on any atom is -0.463 e. The number of carbonyl (C=O) groups excluding carboxylic acids is 4. The number of hydrogen-bond donors (Lipinski definition) is 0. The van der Waals surface area contributed by atoms with Gasteiger partial charge in [-0.1, -0.05) is 240 Å². The first-order valence-corrected chi connectivity index (χ1v) is 24.1. The van der Waals surface area contributed by atoms with E-state index < -0.39 is 0 Å². The second kappa shape index (κ2) is 39.4. The SMILES string of the molecule is C=C(C)C(=O)OCC.C=C(C)C(=O)OCCC.C=C(C)C(=O)OCCC.C=C(C)C(=O)OCc1ccccc1.c1ccc(-c2ccccc2)cc1.c1ccc(-c2ccccc2)cc1.c1ccc2ccccc2c1. The van der Waals surface area contributed by atoms with Crippen LogP contribution in [0.4, 0.5) is 0 Å². The molecule has 8 heteroatoms. The Bertz CT molecular complexity index is 2410. The number of esters is 4. The molecule has 8 nitrogen and oxygen atoms in total. The van der Waals surface area contributed by atoms with Crippen LogP contribution < -0.4 is 0 Å². The standard InChI is InChI=1S/2C12H10.C11H12O2.C10H8.2C7H12O2.C6H10O2/c2*1-3-7-11(8-4-1)12-9-5-2-6-10-12;1-9(2)11(12)13-8-10-6-4-3-5-7-10;1-2-6-10-8-4-3-7-9(10)5-1;2*1-4-5-9-7(8)6(2)3;1-4-8-6(7)5(2)3/h2*1-10H;3-7H,1,8H2,2H3;1-8H;2*2,4-5H2,1,3H3;2,4H2,1,3H3. The van der Waals surface area contributed by atoms with Crippen LogP contribution in [0.2, 0.25) is 0 Å². The van der Waals surface area contributed by atoms with Crippen LogP contribution in [-0.4, -0.2) is 43.7 Å². The number of rotatable bonds is 13. The van der Waals surface area contributed by atoms with Crippen molar-refractivity contribution >= 4 is 34.6 Å². The lowest BCUT2D eigenvalue weighted by molar-refractivity contribution is -0.140. The van der Waals surface area contributed by atoms with Gasteiger partial charge in [0.15, 0.2) is 0 Å². The summed E-state index contributed by atoms with van der Waals surface area (Å²) in [4.78, 5) is 42.6. The lowest BCUT2D eigenvalue weighted by atomic mass is 10.1. The largest absolute Gasteiger partial charge is 0.463 e. The Labute approximate surface area is 435 Å². The lowest BCUT2D eigenvalue weighted by Crippen LogP contribution is -2.04. The molecule has 7 rings (SSSR count). The highest BCUT2D eigenvalue weighted by Crippen LogP contribution is 2.18. The normalized spacial score (nSPS) is 9.25. The monoisotopic (exact) mass is 983 g/mol. The van der Waals surface area contributed by atoms with Crippen molar-refractivity contribution in [1.82, 2.24) is 0 Å². The molecular formula is C65H74O8. The summed E-state index contributed by atoms with van der Waals surface area (Å²) in [7, 11) is 0. The van der Waals surface area contributed by atoms with Crippen molar-refractivity contribution in [1.29, 1.82) is 0 Å². The molecule has 0 saturated heterocycles. The van der Waals surface area contributed by atoms with Crippen LogP contribution in [0.25, 0.3) is 33.0 Å². The second-order valence-corrected chi connectivity index (χ2v) is 16.0. The molecule has 0 fully saturated rings. The number of ether oxygens (including phenoxy) is 4. The molecule has 0 aliphatic rings. The van der Waals surface area contributed by atoms with Gasteiger partial charge in [0.1, 0.15) is 6.61 Å². The van der Waals surface area contributed by atoms with Gasteiger partial charge in [-0.05, 0) is 86.1 Å². The number of carbonyl (C=O) groups is 4. The molecule has 0 aliphatic heterocycles. The molecule has 0 heterocycles. The third kappa shape index (κ3) is 30.1. The van der Waals surface area contributed by atoms with Crippen molar-refractivity contribution < 1.29 is 38.1 Å². The van der Waals surface area contributed by atoms with Crippen LogP contribution in [-0.2, 0) is 44.7 Å². The van der Waals surface area contributed by atoms with Gasteiger partial charge in [0.05, 0.1) is 19.8 Å². The Balaban J connectivity index is 0.000000429. The van der Waals surface area contributed by atoms with Gasteiger partial charge in [-0.3, -0.25) is 0 Å². The number of benzene rings is 7. The van der Waals surface area contributed by atoms with E-state index in [1.807, 2.05) is 68.4 Å². The van der Waals surface area contributed by atoms with Crippen molar-refractivity contribution in [2.45, 2.75) is 67.9 Å². The molecule has 0 radical (unpaired) electrons. The van der Waals surface area contributed by atoms with Crippen molar-refractivity contribution in [3.05, 3.63) is 254 Å². The average Bonchev–Trinajstić information content (AvgIpc) is 3.43. The first kappa shape index (κ1) is 62.7. The maximum atomic E-state index is 11.0.